The summed E-state index contributed by atoms with van der Waals surface area (Å²) in [5, 5.41) is 4.39. The van der Waals surface area contributed by atoms with E-state index < -0.39 is 0 Å². The van der Waals surface area contributed by atoms with E-state index in [4.69, 9.17) is 55.9 Å². The van der Waals surface area contributed by atoms with Gasteiger partial charge in [0, 0.05) is 30.3 Å². The second-order valence-corrected chi connectivity index (χ2v) is 8.22. The van der Waals surface area contributed by atoms with Gasteiger partial charge in [0.05, 0.1) is 27.7 Å². The van der Waals surface area contributed by atoms with E-state index in [1.807, 2.05) is 30.3 Å². The van der Waals surface area contributed by atoms with Crippen molar-refractivity contribution < 1.29 is 14.3 Å². The summed E-state index contributed by atoms with van der Waals surface area (Å²) in [6.07, 6.45) is 3.63. The highest BCUT2D eigenvalue weighted by atomic mass is 35.5. The molecule has 0 spiro atoms. The number of nitrogens with zero attached hydrogens (tertiary/aromatic N) is 1. The topological polar surface area (TPSA) is 60.5 Å². The SMILES string of the molecule is O=C(NCCCOc1c(Cl)cc(OCC=C(Cl)Cl)cc1Cl)c1cnc2ccccc2c1. The summed E-state index contributed by atoms with van der Waals surface area (Å²) in [5.41, 5.74) is 1.35. The molecule has 0 radical (unpaired) electrons. The number of carbonyl (C=O) groups excluding carboxylic acids is 1. The Morgan fingerprint density at radius 3 is 2.55 bits per heavy atom. The van der Waals surface area contributed by atoms with Crippen LogP contribution in [-0.2, 0) is 0 Å². The minimum absolute atomic E-state index is 0.112. The van der Waals surface area contributed by atoms with E-state index in [1.54, 1.807) is 18.3 Å². The van der Waals surface area contributed by atoms with E-state index in [-0.39, 0.29) is 17.0 Å². The number of carbonyl (C=O) groups is 1. The number of hydrogen-bond donors (Lipinski definition) is 1. The monoisotopic (exact) mass is 498 g/mol. The third-order valence-electron chi connectivity index (χ3n) is 4.17. The zero-order valence-electron chi connectivity index (χ0n) is 16.2. The van der Waals surface area contributed by atoms with E-state index in [1.165, 1.54) is 6.08 Å². The van der Waals surface area contributed by atoms with Gasteiger partial charge in [-0.3, -0.25) is 9.78 Å². The first-order valence-electron chi connectivity index (χ1n) is 9.33. The molecule has 0 aliphatic heterocycles. The molecule has 5 nitrogen and oxygen atoms in total. The van der Waals surface area contributed by atoms with Crippen LogP contribution in [0.5, 0.6) is 11.5 Å². The first kappa shape index (κ1) is 23.5. The second-order valence-electron chi connectivity index (χ2n) is 6.40. The number of amides is 1. The summed E-state index contributed by atoms with van der Waals surface area (Å²) < 4.78 is 11.2. The molecule has 0 fully saturated rings. The van der Waals surface area contributed by atoms with Crippen LogP contribution in [0.2, 0.25) is 10.0 Å². The summed E-state index contributed by atoms with van der Waals surface area (Å²) in [6.45, 7) is 0.926. The first-order valence-corrected chi connectivity index (χ1v) is 10.8. The molecule has 9 heteroatoms. The molecule has 0 aliphatic carbocycles. The Morgan fingerprint density at radius 1 is 1.06 bits per heavy atom. The summed E-state index contributed by atoms with van der Waals surface area (Å²) in [5.74, 6) is 0.623. The number of rotatable bonds is 9. The minimum Gasteiger partial charge on any atom is -0.490 e. The molecule has 0 saturated heterocycles. The summed E-state index contributed by atoms with van der Waals surface area (Å²) in [7, 11) is 0. The molecule has 2 aromatic carbocycles. The summed E-state index contributed by atoms with van der Waals surface area (Å²) >= 11 is 23.5. The van der Waals surface area contributed by atoms with Gasteiger partial charge < -0.3 is 14.8 Å². The van der Waals surface area contributed by atoms with Crippen molar-refractivity contribution in [2.24, 2.45) is 0 Å². The largest absolute Gasteiger partial charge is 0.490 e. The van der Waals surface area contributed by atoms with Crippen LogP contribution < -0.4 is 14.8 Å². The van der Waals surface area contributed by atoms with Gasteiger partial charge in [-0.1, -0.05) is 64.6 Å². The molecular formula is C22H18Cl4N2O3. The van der Waals surface area contributed by atoms with Gasteiger partial charge in [-0.15, -0.1) is 0 Å². The fraction of sp³-hybridized carbons (Fsp3) is 0.182. The third-order valence-corrected chi connectivity index (χ3v) is 5.04. The Labute approximate surface area is 199 Å². The van der Waals surface area contributed by atoms with E-state index in [0.29, 0.717) is 46.7 Å². The third kappa shape index (κ3) is 6.91. The van der Waals surface area contributed by atoms with Crippen LogP contribution in [0.25, 0.3) is 10.9 Å². The average Bonchev–Trinajstić information content (AvgIpc) is 2.74. The molecular weight excluding hydrogens is 482 g/mol. The number of halogens is 4. The quantitative estimate of drug-likeness (QED) is 0.344. The van der Waals surface area contributed by atoms with Crippen molar-refractivity contribution >= 4 is 63.2 Å². The molecule has 1 aromatic heterocycles. The van der Waals surface area contributed by atoms with Gasteiger partial charge in [-0.2, -0.15) is 0 Å². The standard InChI is InChI=1S/C22H18Cl4N2O3/c23-17-11-16(30-9-6-20(25)26)12-18(24)21(17)31-8-3-7-27-22(29)15-10-14-4-1-2-5-19(14)28-13-15/h1-2,4-6,10-13H,3,7-9H2,(H,27,29). The maximum absolute atomic E-state index is 12.3. The van der Waals surface area contributed by atoms with Crippen molar-refractivity contribution in [2.75, 3.05) is 19.8 Å². The predicted molar refractivity (Wildman–Crippen MR) is 126 cm³/mol. The Hall–Kier alpha value is -2.18. The van der Waals surface area contributed by atoms with Gasteiger partial charge in [-0.25, -0.2) is 0 Å². The number of aromatic nitrogens is 1. The van der Waals surface area contributed by atoms with Crippen LogP contribution in [0.3, 0.4) is 0 Å². The number of pyridine rings is 1. The van der Waals surface area contributed by atoms with Crippen LogP contribution in [0.4, 0.5) is 0 Å². The molecule has 3 aromatic rings. The van der Waals surface area contributed by atoms with Crippen molar-refractivity contribution in [3.8, 4) is 11.5 Å². The van der Waals surface area contributed by atoms with Gasteiger partial charge in [0.2, 0.25) is 0 Å². The van der Waals surface area contributed by atoms with Crippen molar-refractivity contribution in [3.63, 3.8) is 0 Å². The van der Waals surface area contributed by atoms with Gasteiger partial charge in [0.25, 0.3) is 5.91 Å². The Morgan fingerprint density at radius 2 is 1.81 bits per heavy atom. The van der Waals surface area contributed by atoms with E-state index in [2.05, 4.69) is 10.3 Å². The highest BCUT2D eigenvalue weighted by Gasteiger charge is 2.11. The van der Waals surface area contributed by atoms with Crippen LogP contribution in [-0.4, -0.2) is 30.6 Å². The van der Waals surface area contributed by atoms with Gasteiger partial charge in [-0.05, 0) is 24.6 Å². The lowest BCUT2D eigenvalue weighted by Gasteiger charge is -2.12. The zero-order valence-corrected chi connectivity index (χ0v) is 19.2. The molecule has 1 N–H and O–H groups in total. The maximum Gasteiger partial charge on any atom is 0.252 e. The van der Waals surface area contributed by atoms with Crippen molar-refractivity contribution in [1.82, 2.24) is 10.3 Å². The predicted octanol–water partition coefficient (Wildman–Crippen LogP) is 6.44. The number of fused-ring (bicyclic) bond motifs is 1. The highest BCUT2D eigenvalue weighted by molar-refractivity contribution is 6.55. The normalized spacial score (nSPS) is 10.6. The smallest absolute Gasteiger partial charge is 0.252 e. The minimum atomic E-state index is -0.193. The highest BCUT2D eigenvalue weighted by Crippen LogP contribution is 2.37. The molecule has 0 bridgehead atoms. The number of benzene rings is 2. The molecule has 162 valence electrons. The molecule has 0 aliphatic rings. The average molecular weight is 500 g/mol. The molecule has 0 unspecified atom stereocenters. The van der Waals surface area contributed by atoms with Gasteiger partial charge in [0.15, 0.2) is 5.75 Å². The van der Waals surface area contributed by atoms with Crippen molar-refractivity contribution in [3.05, 3.63) is 74.8 Å². The van der Waals surface area contributed by atoms with Gasteiger partial charge >= 0.3 is 0 Å². The number of nitrogens with one attached hydrogen (secondary N) is 1. The second kappa shape index (κ2) is 11.4. The number of ether oxygens (including phenoxy) is 2. The Kier molecular flexibility index (Phi) is 8.67. The molecule has 0 atom stereocenters. The molecule has 1 heterocycles. The van der Waals surface area contributed by atoms with Gasteiger partial charge in [0.1, 0.15) is 16.8 Å². The van der Waals surface area contributed by atoms with Crippen LogP contribution in [0.15, 0.2) is 59.2 Å². The van der Waals surface area contributed by atoms with Crippen LogP contribution in [0.1, 0.15) is 16.8 Å². The number of para-hydroxylation sites is 1. The lowest BCUT2D eigenvalue weighted by Crippen LogP contribution is -2.25. The molecule has 31 heavy (non-hydrogen) atoms. The van der Waals surface area contributed by atoms with E-state index in [9.17, 15) is 4.79 Å². The van der Waals surface area contributed by atoms with Crippen LogP contribution >= 0.6 is 46.4 Å². The molecule has 3 rings (SSSR count). The lowest BCUT2D eigenvalue weighted by molar-refractivity contribution is 0.0951. The van der Waals surface area contributed by atoms with E-state index >= 15 is 0 Å². The maximum atomic E-state index is 12.3. The summed E-state index contributed by atoms with van der Waals surface area (Å²) in [6, 6.07) is 12.6. The Bertz CT molecular complexity index is 1080. The van der Waals surface area contributed by atoms with E-state index in [0.717, 1.165) is 10.9 Å². The number of hydrogen-bond acceptors (Lipinski definition) is 4. The first-order chi connectivity index (χ1) is 14.9. The Balaban J connectivity index is 1.46. The fourth-order valence-electron chi connectivity index (χ4n) is 2.70. The lowest BCUT2D eigenvalue weighted by atomic mass is 10.1. The molecule has 0 saturated carbocycles. The molecule has 1 amide bonds. The van der Waals surface area contributed by atoms with Crippen molar-refractivity contribution in [1.29, 1.82) is 0 Å². The fourth-order valence-corrected chi connectivity index (χ4v) is 3.41. The zero-order chi connectivity index (χ0) is 22.2. The summed E-state index contributed by atoms with van der Waals surface area (Å²) in [4.78, 5) is 16.6. The van der Waals surface area contributed by atoms with Crippen molar-refractivity contribution in [2.45, 2.75) is 6.42 Å². The van der Waals surface area contributed by atoms with Crippen LogP contribution in [0, 0.1) is 0 Å².